The number of carbonyl (C=O) groups is 1. The van der Waals surface area contributed by atoms with Gasteiger partial charge in [0.05, 0.1) is 28.6 Å². The summed E-state index contributed by atoms with van der Waals surface area (Å²) >= 11 is 3.36. The van der Waals surface area contributed by atoms with E-state index in [9.17, 15) is 14.7 Å². The minimum absolute atomic E-state index is 0.0274. The van der Waals surface area contributed by atoms with Gasteiger partial charge in [0.2, 0.25) is 5.76 Å². The topological polar surface area (TPSA) is 92.9 Å². The second-order valence-corrected chi connectivity index (χ2v) is 9.23. The Bertz CT molecular complexity index is 1510. The third-order valence-electron chi connectivity index (χ3n) is 6.07. The van der Waals surface area contributed by atoms with Crippen molar-refractivity contribution in [2.24, 2.45) is 0 Å². The molecule has 3 heterocycles. The van der Waals surface area contributed by atoms with Crippen LogP contribution >= 0.6 is 15.9 Å². The van der Waals surface area contributed by atoms with Crippen LogP contribution < -0.4 is 10.2 Å². The lowest BCUT2D eigenvalue weighted by Gasteiger charge is -2.26. The number of carbonyl (C=O) groups excluding carboxylic acids is 1. The third-order valence-corrected chi connectivity index (χ3v) is 6.68. The van der Waals surface area contributed by atoms with Crippen LogP contribution in [0.5, 0.6) is 11.5 Å². The Kier molecular flexibility index (Phi) is 5.40. The predicted octanol–water partition coefficient (Wildman–Crippen LogP) is 5.03. The van der Waals surface area contributed by atoms with Gasteiger partial charge in [0.15, 0.2) is 16.9 Å². The van der Waals surface area contributed by atoms with E-state index < -0.39 is 6.04 Å². The van der Waals surface area contributed by atoms with Gasteiger partial charge < -0.3 is 19.2 Å². The Labute approximate surface area is 203 Å². The fourth-order valence-corrected chi connectivity index (χ4v) is 5.08. The molecule has 1 aliphatic heterocycles. The number of methoxy groups -OCH3 is 1. The van der Waals surface area contributed by atoms with Crippen LogP contribution in [0.4, 0.5) is 0 Å². The number of aromatic nitrogens is 1. The first-order valence-electron chi connectivity index (χ1n) is 10.6. The minimum atomic E-state index is -0.741. The highest BCUT2D eigenvalue weighted by Gasteiger charge is 2.43. The Hall–Kier alpha value is -3.65. The largest absolute Gasteiger partial charge is 0.503 e. The van der Waals surface area contributed by atoms with Crippen LogP contribution in [0.1, 0.15) is 44.4 Å². The van der Waals surface area contributed by atoms with Crippen LogP contribution in [0.15, 0.2) is 62.5 Å². The van der Waals surface area contributed by atoms with Gasteiger partial charge >= 0.3 is 0 Å². The standard InChI is InChI=1S/C26H21BrN2O5/c1-13-7-14(2)20-18(8-13)34-25-21(24(20)31)22(16-9-17(27)23(30)19(10-16)33-3)29(26(25)32)12-15-5-4-6-28-11-15/h4-11,22,30H,12H2,1-3H3. The van der Waals surface area contributed by atoms with Crippen LogP contribution in [-0.2, 0) is 6.54 Å². The van der Waals surface area contributed by atoms with Crippen LogP contribution in [0.2, 0.25) is 0 Å². The van der Waals surface area contributed by atoms with Gasteiger partial charge in [-0.3, -0.25) is 14.6 Å². The summed E-state index contributed by atoms with van der Waals surface area (Å²) < 4.78 is 11.8. The molecule has 1 atom stereocenters. The Morgan fingerprint density at radius 2 is 2.00 bits per heavy atom. The molecule has 1 unspecified atom stereocenters. The fourth-order valence-electron chi connectivity index (χ4n) is 4.62. The normalized spacial score (nSPS) is 15.1. The van der Waals surface area contributed by atoms with Crippen LogP contribution in [0, 0.1) is 13.8 Å². The molecule has 0 spiro atoms. The molecule has 5 rings (SSSR count). The first-order valence-corrected chi connectivity index (χ1v) is 11.4. The summed E-state index contributed by atoms with van der Waals surface area (Å²) in [6.07, 6.45) is 3.34. The molecular weight excluding hydrogens is 500 g/mol. The minimum Gasteiger partial charge on any atom is -0.503 e. The lowest BCUT2D eigenvalue weighted by Crippen LogP contribution is -2.29. The van der Waals surface area contributed by atoms with Crippen LogP contribution in [0.25, 0.3) is 11.0 Å². The zero-order chi connectivity index (χ0) is 24.1. The van der Waals surface area contributed by atoms with Crippen molar-refractivity contribution < 1.29 is 19.1 Å². The van der Waals surface area contributed by atoms with Gasteiger partial charge in [0.25, 0.3) is 5.91 Å². The summed E-state index contributed by atoms with van der Waals surface area (Å²) in [7, 11) is 1.44. The average molecular weight is 521 g/mol. The highest BCUT2D eigenvalue weighted by molar-refractivity contribution is 9.10. The number of hydrogen-bond donors (Lipinski definition) is 1. The summed E-state index contributed by atoms with van der Waals surface area (Å²) in [6, 6.07) is 9.94. The maximum Gasteiger partial charge on any atom is 0.291 e. The number of aryl methyl sites for hydroxylation is 2. The zero-order valence-corrected chi connectivity index (χ0v) is 20.3. The van der Waals surface area contributed by atoms with Crippen LogP contribution in [0.3, 0.4) is 0 Å². The first kappa shape index (κ1) is 22.2. The van der Waals surface area contributed by atoms with Crippen molar-refractivity contribution in [3.05, 3.63) is 97.1 Å². The molecule has 4 aromatic rings. The number of halogens is 1. The van der Waals surface area contributed by atoms with Gasteiger partial charge in [0, 0.05) is 18.9 Å². The van der Waals surface area contributed by atoms with Crippen molar-refractivity contribution in [1.82, 2.24) is 9.88 Å². The molecule has 2 aromatic carbocycles. The Morgan fingerprint density at radius 3 is 2.71 bits per heavy atom. The number of benzene rings is 2. The number of fused-ring (bicyclic) bond motifs is 2. The lowest BCUT2D eigenvalue weighted by molar-refractivity contribution is 0.0714. The molecule has 0 fully saturated rings. The molecular formula is C26H21BrN2O5. The summed E-state index contributed by atoms with van der Waals surface area (Å²) in [5.41, 5.74) is 3.55. The summed E-state index contributed by atoms with van der Waals surface area (Å²) in [4.78, 5) is 33.2. The van der Waals surface area contributed by atoms with E-state index in [4.69, 9.17) is 9.15 Å². The molecule has 1 aliphatic rings. The van der Waals surface area contributed by atoms with Gasteiger partial charge in [0.1, 0.15) is 5.58 Å². The zero-order valence-electron chi connectivity index (χ0n) is 18.8. The number of aromatic hydroxyl groups is 1. The molecule has 0 bridgehead atoms. The monoisotopic (exact) mass is 520 g/mol. The van der Waals surface area contributed by atoms with E-state index in [2.05, 4.69) is 20.9 Å². The Morgan fingerprint density at radius 1 is 1.21 bits per heavy atom. The van der Waals surface area contributed by atoms with E-state index in [-0.39, 0.29) is 40.7 Å². The lowest BCUT2D eigenvalue weighted by atomic mass is 9.96. The molecule has 172 valence electrons. The highest BCUT2D eigenvalue weighted by Crippen LogP contribution is 2.44. The summed E-state index contributed by atoms with van der Waals surface area (Å²) in [5, 5.41) is 10.8. The maximum atomic E-state index is 13.8. The number of rotatable bonds is 4. The SMILES string of the molecule is COc1cc(C2c3c(oc4cc(C)cc(C)c4c3=O)C(=O)N2Cc2cccnc2)cc(Br)c1O. The number of amides is 1. The number of nitrogens with zero attached hydrogens (tertiary/aromatic N) is 2. The van der Waals surface area contributed by atoms with E-state index in [0.717, 1.165) is 16.7 Å². The number of hydrogen-bond acceptors (Lipinski definition) is 6. The molecule has 2 aromatic heterocycles. The van der Waals surface area contributed by atoms with Crippen molar-refractivity contribution in [3.8, 4) is 11.5 Å². The van der Waals surface area contributed by atoms with E-state index in [0.29, 0.717) is 21.0 Å². The van der Waals surface area contributed by atoms with Gasteiger partial charge in [-0.05, 0) is 76.3 Å². The molecule has 1 N–H and O–H groups in total. The van der Waals surface area contributed by atoms with E-state index in [1.165, 1.54) is 7.11 Å². The van der Waals surface area contributed by atoms with Gasteiger partial charge in [-0.25, -0.2) is 0 Å². The second kappa shape index (κ2) is 8.29. The number of phenolic OH excluding ortho intramolecular Hbond substituents is 1. The number of phenols is 1. The molecule has 0 saturated carbocycles. The first-order chi connectivity index (χ1) is 16.3. The van der Waals surface area contributed by atoms with Gasteiger partial charge in [-0.15, -0.1) is 0 Å². The Balaban J connectivity index is 1.79. The second-order valence-electron chi connectivity index (χ2n) is 8.38. The van der Waals surface area contributed by atoms with Crippen molar-refractivity contribution >= 4 is 32.8 Å². The maximum absolute atomic E-state index is 13.8. The fraction of sp³-hybridized carbons (Fsp3) is 0.192. The van der Waals surface area contributed by atoms with Gasteiger partial charge in [-0.2, -0.15) is 0 Å². The molecule has 7 nitrogen and oxygen atoms in total. The third kappa shape index (κ3) is 3.45. The van der Waals surface area contributed by atoms with Gasteiger partial charge in [-0.1, -0.05) is 12.1 Å². The molecule has 0 radical (unpaired) electrons. The molecule has 0 aliphatic carbocycles. The van der Waals surface area contributed by atoms with E-state index >= 15 is 0 Å². The predicted molar refractivity (Wildman–Crippen MR) is 130 cm³/mol. The van der Waals surface area contributed by atoms with Crippen molar-refractivity contribution in [2.45, 2.75) is 26.4 Å². The molecule has 34 heavy (non-hydrogen) atoms. The van der Waals surface area contributed by atoms with Crippen molar-refractivity contribution in [1.29, 1.82) is 0 Å². The molecule has 8 heteroatoms. The number of ether oxygens (including phenoxy) is 1. The van der Waals surface area contributed by atoms with Crippen molar-refractivity contribution in [2.75, 3.05) is 7.11 Å². The van der Waals surface area contributed by atoms with E-state index in [1.807, 2.05) is 26.0 Å². The number of pyridine rings is 1. The molecule has 0 saturated heterocycles. The molecule has 1 amide bonds. The summed E-state index contributed by atoms with van der Waals surface area (Å²) in [5.74, 6) is -0.195. The quantitative estimate of drug-likeness (QED) is 0.405. The van der Waals surface area contributed by atoms with E-state index in [1.54, 1.807) is 41.6 Å². The highest BCUT2D eigenvalue weighted by atomic mass is 79.9. The van der Waals surface area contributed by atoms with Crippen LogP contribution in [-0.4, -0.2) is 28.0 Å². The van der Waals surface area contributed by atoms with Crippen molar-refractivity contribution in [3.63, 3.8) is 0 Å². The average Bonchev–Trinajstić information content (AvgIpc) is 3.07. The smallest absolute Gasteiger partial charge is 0.291 e. The summed E-state index contributed by atoms with van der Waals surface area (Å²) in [6.45, 7) is 3.99.